The Morgan fingerprint density at radius 3 is 2.83 bits per heavy atom. The number of aliphatic hydroxyl groups excluding tert-OH is 1. The van der Waals surface area contributed by atoms with Gasteiger partial charge in [-0.3, -0.25) is 9.13 Å². The molecular formula is C11H13FN5O5P. The van der Waals surface area contributed by atoms with Gasteiger partial charge < -0.3 is 25.4 Å². The maximum atomic E-state index is 14.1. The number of nitrogens with two attached hydrogens (primary N) is 1. The zero-order valence-corrected chi connectivity index (χ0v) is 12.4. The summed E-state index contributed by atoms with van der Waals surface area (Å²) in [5.41, 5.74) is 6.17. The second-order valence-corrected chi connectivity index (χ2v) is 6.42. The van der Waals surface area contributed by atoms with Gasteiger partial charge in [-0.1, -0.05) is 0 Å². The van der Waals surface area contributed by atoms with E-state index in [9.17, 15) is 14.1 Å². The summed E-state index contributed by atoms with van der Waals surface area (Å²) in [6, 6.07) is 0. The van der Waals surface area contributed by atoms with Gasteiger partial charge in [0.2, 0.25) is 0 Å². The minimum Gasteiger partial charge on any atom is -0.385 e. The van der Waals surface area contributed by atoms with Crippen molar-refractivity contribution >= 4 is 24.6 Å². The van der Waals surface area contributed by atoms with Gasteiger partial charge in [-0.25, -0.2) is 19.3 Å². The molecule has 2 aromatic heterocycles. The Labute approximate surface area is 128 Å². The second-order valence-electron chi connectivity index (χ2n) is 4.94. The normalized spacial score (nSPS) is 28.9. The number of hydrogen-bond donors (Lipinski definition) is 4. The first-order valence-corrected chi connectivity index (χ1v) is 8.11. The SMILES string of the molecule is Nc1ncnc2c1ncn2[C@@H]1O[C@H](C=CP(=O)(O)O)[C@@H](F)[C@H]1O. The molecule has 1 saturated heterocycles. The molecule has 0 radical (unpaired) electrons. The number of anilines is 1. The van der Waals surface area contributed by atoms with E-state index in [1.165, 1.54) is 17.2 Å². The van der Waals surface area contributed by atoms with Crippen LogP contribution < -0.4 is 5.73 Å². The maximum Gasteiger partial charge on any atom is 0.348 e. The number of aromatic nitrogens is 4. The number of imidazole rings is 1. The third-order valence-electron chi connectivity index (χ3n) is 3.36. The van der Waals surface area contributed by atoms with Crippen LogP contribution in [0.4, 0.5) is 10.2 Å². The highest BCUT2D eigenvalue weighted by atomic mass is 31.2. The lowest BCUT2D eigenvalue weighted by Gasteiger charge is -2.15. The fraction of sp³-hybridized carbons (Fsp3) is 0.364. The van der Waals surface area contributed by atoms with Crippen molar-refractivity contribution in [1.29, 1.82) is 0 Å². The lowest BCUT2D eigenvalue weighted by Crippen LogP contribution is -2.27. The van der Waals surface area contributed by atoms with Crippen molar-refractivity contribution < 1.29 is 28.6 Å². The second kappa shape index (κ2) is 5.62. The molecule has 4 atom stereocenters. The Kier molecular flexibility index (Phi) is 3.90. The predicted molar refractivity (Wildman–Crippen MR) is 75.7 cm³/mol. The first-order valence-electron chi connectivity index (χ1n) is 6.43. The molecule has 1 aliphatic rings. The molecule has 2 aromatic rings. The Balaban J connectivity index is 1.93. The van der Waals surface area contributed by atoms with Gasteiger partial charge in [-0.15, -0.1) is 0 Å². The van der Waals surface area contributed by atoms with Crippen molar-refractivity contribution in [2.45, 2.75) is 24.6 Å². The molecule has 0 bridgehead atoms. The maximum absolute atomic E-state index is 14.1. The number of halogens is 1. The number of alkyl halides is 1. The molecule has 0 aromatic carbocycles. The third-order valence-corrected chi connectivity index (χ3v) is 3.92. The molecule has 3 rings (SSSR count). The van der Waals surface area contributed by atoms with Crippen LogP contribution in [0.2, 0.25) is 0 Å². The van der Waals surface area contributed by atoms with Crippen molar-refractivity contribution in [3.05, 3.63) is 24.5 Å². The average Bonchev–Trinajstić information content (AvgIpc) is 3.01. The quantitative estimate of drug-likeness (QED) is 0.548. The fourth-order valence-corrected chi connectivity index (χ4v) is 2.70. The summed E-state index contributed by atoms with van der Waals surface area (Å²) in [6.07, 6.45) is -2.60. The van der Waals surface area contributed by atoms with E-state index in [0.717, 1.165) is 6.08 Å². The molecule has 5 N–H and O–H groups in total. The zero-order valence-electron chi connectivity index (χ0n) is 11.5. The standard InChI is InChI=1S/C11H13FN5O5P/c12-6-5(1-2-23(19,20)21)22-11(8(6)18)17-4-16-7-9(13)14-3-15-10(7)17/h1-6,8,11,18H,(H2,13,14,15)(H2,19,20,21)/t5-,6-,8-,11-/m1/s1. The van der Waals surface area contributed by atoms with Gasteiger partial charge in [0.15, 0.2) is 23.9 Å². The smallest absolute Gasteiger partial charge is 0.348 e. The van der Waals surface area contributed by atoms with Crippen molar-refractivity contribution in [2.75, 3.05) is 5.73 Å². The number of rotatable bonds is 3. The van der Waals surface area contributed by atoms with Crippen LogP contribution in [0, 0.1) is 0 Å². The molecule has 23 heavy (non-hydrogen) atoms. The summed E-state index contributed by atoms with van der Waals surface area (Å²) in [5, 5.41) is 10.0. The number of aliphatic hydroxyl groups is 1. The number of hydrogen-bond acceptors (Lipinski definition) is 7. The van der Waals surface area contributed by atoms with Gasteiger partial charge in [-0.05, 0) is 6.08 Å². The van der Waals surface area contributed by atoms with Crippen molar-refractivity contribution in [3.63, 3.8) is 0 Å². The summed E-state index contributed by atoms with van der Waals surface area (Å²) < 4.78 is 31.6. The minimum atomic E-state index is -4.46. The molecular weight excluding hydrogens is 332 g/mol. The number of fused-ring (bicyclic) bond motifs is 1. The van der Waals surface area contributed by atoms with Gasteiger partial charge in [0, 0.05) is 5.82 Å². The molecule has 3 heterocycles. The lowest BCUT2D eigenvalue weighted by atomic mass is 10.1. The van der Waals surface area contributed by atoms with Crippen LogP contribution in [-0.2, 0) is 9.30 Å². The summed E-state index contributed by atoms with van der Waals surface area (Å²) >= 11 is 0. The Morgan fingerprint density at radius 1 is 1.39 bits per heavy atom. The van der Waals surface area contributed by atoms with E-state index in [0.29, 0.717) is 5.82 Å². The van der Waals surface area contributed by atoms with Crippen LogP contribution in [0.5, 0.6) is 0 Å². The van der Waals surface area contributed by atoms with E-state index in [1.807, 2.05) is 0 Å². The molecule has 1 aliphatic heterocycles. The third kappa shape index (κ3) is 2.96. The van der Waals surface area contributed by atoms with Gasteiger partial charge in [0.05, 0.1) is 6.33 Å². The first-order chi connectivity index (χ1) is 10.8. The molecule has 1 fully saturated rings. The Hall–Kier alpha value is -1.91. The number of ether oxygens (including phenoxy) is 1. The summed E-state index contributed by atoms with van der Waals surface area (Å²) in [4.78, 5) is 29.3. The van der Waals surface area contributed by atoms with Crippen LogP contribution in [-0.4, -0.2) is 52.8 Å². The summed E-state index contributed by atoms with van der Waals surface area (Å²) in [7, 11) is -4.46. The summed E-state index contributed by atoms with van der Waals surface area (Å²) in [5.74, 6) is 0.655. The highest BCUT2D eigenvalue weighted by Crippen LogP contribution is 2.39. The molecule has 0 aliphatic carbocycles. The van der Waals surface area contributed by atoms with E-state index in [4.69, 9.17) is 20.3 Å². The van der Waals surface area contributed by atoms with Gasteiger partial charge in [-0.2, -0.15) is 0 Å². The van der Waals surface area contributed by atoms with Gasteiger partial charge in [0.1, 0.15) is 24.1 Å². The molecule has 10 nitrogen and oxygen atoms in total. The predicted octanol–water partition coefficient (Wildman–Crippen LogP) is -0.304. The highest BCUT2D eigenvalue weighted by Gasteiger charge is 2.44. The van der Waals surface area contributed by atoms with E-state index in [2.05, 4.69) is 15.0 Å². The van der Waals surface area contributed by atoms with Crippen LogP contribution >= 0.6 is 7.60 Å². The molecule has 0 amide bonds. The fourth-order valence-electron chi connectivity index (χ4n) is 2.30. The van der Waals surface area contributed by atoms with Crippen molar-refractivity contribution in [2.24, 2.45) is 0 Å². The van der Waals surface area contributed by atoms with Crippen LogP contribution in [0.15, 0.2) is 24.5 Å². The Morgan fingerprint density at radius 2 is 2.13 bits per heavy atom. The molecule has 12 heteroatoms. The molecule has 0 spiro atoms. The Bertz CT molecular complexity index is 807. The topological polar surface area (TPSA) is 157 Å². The molecule has 0 unspecified atom stereocenters. The first kappa shape index (κ1) is 16.0. The zero-order chi connectivity index (χ0) is 16.8. The van der Waals surface area contributed by atoms with Gasteiger partial charge in [0.25, 0.3) is 0 Å². The van der Waals surface area contributed by atoms with E-state index in [-0.39, 0.29) is 17.0 Å². The van der Waals surface area contributed by atoms with Crippen molar-refractivity contribution in [1.82, 2.24) is 19.5 Å². The monoisotopic (exact) mass is 345 g/mol. The number of nitrogens with zero attached hydrogens (tertiary/aromatic N) is 4. The number of nitrogen functional groups attached to an aromatic ring is 1. The average molecular weight is 345 g/mol. The lowest BCUT2D eigenvalue weighted by molar-refractivity contribution is -0.0233. The highest BCUT2D eigenvalue weighted by molar-refractivity contribution is 7.55. The minimum absolute atomic E-state index is 0.121. The van der Waals surface area contributed by atoms with E-state index in [1.54, 1.807) is 0 Å². The van der Waals surface area contributed by atoms with Crippen molar-refractivity contribution in [3.8, 4) is 0 Å². The summed E-state index contributed by atoms with van der Waals surface area (Å²) in [6.45, 7) is 0. The molecule has 0 saturated carbocycles. The van der Waals surface area contributed by atoms with E-state index < -0.39 is 32.2 Å². The largest absolute Gasteiger partial charge is 0.385 e. The molecule has 124 valence electrons. The van der Waals surface area contributed by atoms with Crippen LogP contribution in [0.25, 0.3) is 11.2 Å². The van der Waals surface area contributed by atoms with Crippen LogP contribution in [0.1, 0.15) is 6.23 Å². The van der Waals surface area contributed by atoms with Crippen LogP contribution in [0.3, 0.4) is 0 Å². The van der Waals surface area contributed by atoms with Gasteiger partial charge >= 0.3 is 7.60 Å². The van der Waals surface area contributed by atoms with E-state index >= 15 is 0 Å².